The van der Waals surface area contributed by atoms with Gasteiger partial charge in [0.05, 0.1) is 17.2 Å². The summed E-state index contributed by atoms with van der Waals surface area (Å²) in [7, 11) is 0. The smallest absolute Gasteiger partial charge is 0.253 e. The van der Waals surface area contributed by atoms with E-state index < -0.39 is 11.6 Å². The fraction of sp³-hybridized carbons (Fsp3) is 0.222. The number of halogens is 1. The van der Waals surface area contributed by atoms with Crippen LogP contribution in [0.25, 0.3) is 11.0 Å². The summed E-state index contributed by atoms with van der Waals surface area (Å²) in [6.07, 6.45) is 3.22. The number of pyridine rings is 1. The number of benzene rings is 1. The van der Waals surface area contributed by atoms with Crippen LogP contribution in [0, 0.1) is 5.82 Å². The van der Waals surface area contributed by atoms with Crippen LogP contribution in [0.1, 0.15) is 35.8 Å². The Morgan fingerprint density at radius 1 is 1.29 bits per heavy atom. The van der Waals surface area contributed by atoms with Gasteiger partial charge < -0.3 is 15.4 Å². The summed E-state index contributed by atoms with van der Waals surface area (Å²) in [6.45, 7) is 3.18. The lowest BCUT2D eigenvalue weighted by Gasteiger charge is -2.30. The second-order valence-electron chi connectivity index (χ2n) is 6.25. The second kappa shape index (κ2) is 6.05. The highest BCUT2D eigenvalue weighted by molar-refractivity contribution is 5.97. The molecule has 0 saturated carbocycles. The lowest BCUT2D eigenvalue weighted by atomic mass is 9.91. The molecule has 124 valence electrons. The lowest BCUT2D eigenvalue weighted by Crippen LogP contribution is -2.42. The summed E-state index contributed by atoms with van der Waals surface area (Å²) < 4.78 is 13.1. The van der Waals surface area contributed by atoms with E-state index in [-0.39, 0.29) is 11.7 Å². The number of aromatic amines is 1. The first-order valence-corrected chi connectivity index (χ1v) is 7.56. The van der Waals surface area contributed by atoms with Gasteiger partial charge in [0.15, 0.2) is 0 Å². The largest absolute Gasteiger partial charge is 0.388 e. The van der Waals surface area contributed by atoms with Crippen molar-refractivity contribution in [1.29, 1.82) is 0 Å². The van der Waals surface area contributed by atoms with Crippen LogP contribution in [0.15, 0.2) is 48.8 Å². The van der Waals surface area contributed by atoms with Gasteiger partial charge in [0.25, 0.3) is 5.91 Å². The van der Waals surface area contributed by atoms with Crippen LogP contribution in [-0.4, -0.2) is 26.6 Å². The molecule has 1 aromatic carbocycles. The maximum atomic E-state index is 13.1. The number of fused-ring (bicyclic) bond motifs is 1. The Morgan fingerprint density at radius 3 is 2.67 bits per heavy atom. The zero-order valence-electron chi connectivity index (χ0n) is 13.4. The highest BCUT2D eigenvalue weighted by atomic mass is 19.1. The number of nitrogens with zero attached hydrogens (tertiary/aromatic N) is 1. The molecular weight excluding hydrogens is 309 g/mol. The summed E-state index contributed by atoms with van der Waals surface area (Å²) >= 11 is 0. The van der Waals surface area contributed by atoms with Crippen molar-refractivity contribution in [3.05, 3.63) is 65.7 Å². The molecule has 0 aliphatic heterocycles. The van der Waals surface area contributed by atoms with E-state index in [9.17, 15) is 14.3 Å². The zero-order valence-corrected chi connectivity index (χ0v) is 13.4. The number of carbonyl (C=O) groups is 1. The quantitative estimate of drug-likeness (QED) is 0.689. The second-order valence-corrected chi connectivity index (χ2v) is 6.25. The van der Waals surface area contributed by atoms with Crippen molar-refractivity contribution < 1.29 is 14.3 Å². The third kappa shape index (κ3) is 3.28. The standard InChI is InChI=1S/C18H18FN3O2/c1-18(2,24)15(11-3-5-14(19)6-4-11)22-17(23)13-9-12-7-8-20-16(12)21-10-13/h3-10,15,24H,1-2H3,(H,20,21)(H,22,23). The van der Waals surface area contributed by atoms with Crippen LogP contribution in [0.4, 0.5) is 4.39 Å². The van der Waals surface area contributed by atoms with Crippen LogP contribution in [-0.2, 0) is 0 Å². The van der Waals surface area contributed by atoms with E-state index in [1.165, 1.54) is 18.3 Å². The van der Waals surface area contributed by atoms with E-state index in [0.717, 1.165) is 5.39 Å². The van der Waals surface area contributed by atoms with Gasteiger partial charge in [-0.25, -0.2) is 9.37 Å². The average Bonchev–Trinajstić information content (AvgIpc) is 3.00. The maximum absolute atomic E-state index is 13.1. The fourth-order valence-electron chi connectivity index (χ4n) is 2.60. The van der Waals surface area contributed by atoms with E-state index >= 15 is 0 Å². The zero-order chi connectivity index (χ0) is 17.3. The Kier molecular flexibility index (Phi) is 4.07. The molecule has 24 heavy (non-hydrogen) atoms. The highest BCUT2D eigenvalue weighted by Gasteiger charge is 2.30. The molecule has 0 bridgehead atoms. The van der Waals surface area contributed by atoms with Crippen LogP contribution in [0.5, 0.6) is 0 Å². The average molecular weight is 327 g/mol. The van der Waals surface area contributed by atoms with Crippen molar-refractivity contribution in [2.24, 2.45) is 0 Å². The predicted molar refractivity (Wildman–Crippen MR) is 89.0 cm³/mol. The Hall–Kier alpha value is -2.73. The summed E-state index contributed by atoms with van der Waals surface area (Å²) in [5, 5.41) is 14.0. The number of nitrogens with one attached hydrogen (secondary N) is 2. The number of carbonyl (C=O) groups excluding carboxylic acids is 1. The van der Waals surface area contributed by atoms with Gasteiger partial charge in [0.2, 0.25) is 0 Å². The van der Waals surface area contributed by atoms with Gasteiger partial charge in [-0.3, -0.25) is 4.79 Å². The maximum Gasteiger partial charge on any atom is 0.253 e. The molecule has 0 fully saturated rings. The molecule has 3 N–H and O–H groups in total. The first-order chi connectivity index (χ1) is 11.3. The third-order valence-electron chi connectivity index (χ3n) is 3.85. The first-order valence-electron chi connectivity index (χ1n) is 7.56. The molecule has 6 heteroatoms. The van der Waals surface area contributed by atoms with Crippen molar-refractivity contribution >= 4 is 16.9 Å². The summed E-state index contributed by atoms with van der Waals surface area (Å²) in [5.74, 6) is -0.733. The lowest BCUT2D eigenvalue weighted by molar-refractivity contribution is 0.0343. The third-order valence-corrected chi connectivity index (χ3v) is 3.85. The van der Waals surface area contributed by atoms with Crippen LogP contribution < -0.4 is 5.32 Å². The molecule has 2 heterocycles. The van der Waals surface area contributed by atoms with Gasteiger partial charge in [-0.2, -0.15) is 0 Å². The predicted octanol–water partition coefficient (Wildman–Crippen LogP) is 2.94. The van der Waals surface area contributed by atoms with E-state index in [4.69, 9.17) is 0 Å². The van der Waals surface area contributed by atoms with Gasteiger partial charge in [-0.1, -0.05) is 12.1 Å². The first kappa shape index (κ1) is 16.1. The number of aromatic nitrogens is 2. The van der Waals surface area contributed by atoms with E-state index in [0.29, 0.717) is 16.8 Å². The Bertz CT molecular complexity index is 866. The SMILES string of the molecule is CC(C)(O)C(NC(=O)c1cnc2[nH]ccc2c1)c1ccc(F)cc1. The van der Waals surface area contributed by atoms with Crippen LogP contribution >= 0.6 is 0 Å². The molecular formula is C18H18FN3O2. The van der Waals surface area contributed by atoms with Gasteiger partial charge >= 0.3 is 0 Å². The minimum absolute atomic E-state index is 0.359. The topological polar surface area (TPSA) is 78.0 Å². The Morgan fingerprint density at radius 2 is 2.00 bits per heavy atom. The molecule has 0 aliphatic carbocycles. The Balaban J connectivity index is 1.89. The molecule has 1 amide bonds. The number of H-pyrrole nitrogens is 1. The number of amides is 1. The number of hydrogen-bond donors (Lipinski definition) is 3. The van der Waals surface area contributed by atoms with E-state index in [2.05, 4.69) is 15.3 Å². The van der Waals surface area contributed by atoms with E-state index in [1.807, 2.05) is 6.07 Å². The number of hydrogen-bond acceptors (Lipinski definition) is 3. The minimum atomic E-state index is -1.22. The van der Waals surface area contributed by atoms with Crippen molar-refractivity contribution in [3.63, 3.8) is 0 Å². The molecule has 1 atom stereocenters. The van der Waals surface area contributed by atoms with Crippen LogP contribution in [0.3, 0.4) is 0 Å². The van der Waals surface area contributed by atoms with Gasteiger partial charge in [0.1, 0.15) is 11.5 Å². The van der Waals surface area contributed by atoms with Crippen molar-refractivity contribution in [2.75, 3.05) is 0 Å². The molecule has 0 aliphatic rings. The summed E-state index contributed by atoms with van der Waals surface area (Å²) in [5.41, 5.74) is 0.481. The van der Waals surface area contributed by atoms with Crippen LogP contribution in [0.2, 0.25) is 0 Å². The van der Waals surface area contributed by atoms with Gasteiger partial charge in [0, 0.05) is 17.8 Å². The molecule has 5 nitrogen and oxygen atoms in total. The summed E-state index contributed by atoms with van der Waals surface area (Å²) in [6, 6.07) is 8.55. The normalized spacial score (nSPS) is 13.0. The number of rotatable bonds is 4. The highest BCUT2D eigenvalue weighted by Crippen LogP contribution is 2.26. The number of aliphatic hydroxyl groups is 1. The molecule has 2 aromatic heterocycles. The van der Waals surface area contributed by atoms with E-state index in [1.54, 1.807) is 38.2 Å². The molecule has 3 rings (SSSR count). The minimum Gasteiger partial charge on any atom is -0.388 e. The molecule has 0 radical (unpaired) electrons. The molecule has 0 saturated heterocycles. The van der Waals surface area contributed by atoms with Crippen molar-refractivity contribution in [1.82, 2.24) is 15.3 Å². The van der Waals surface area contributed by atoms with Gasteiger partial charge in [-0.05, 0) is 43.7 Å². The molecule has 3 aromatic rings. The van der Waals surface area contributed by atoms with Crippen molar-refractivity contribution in [2.45, 2.75) is 25.5 Å². The monoisotopic (exact) mass is 327 g/mol. The fourth-order valence-corrected chi connectivity index (χ4v) is 2.60. The molecule has 0 spiro atoms. The summed E-state index contributed by atoms with van der Waals surface area (Å²) in [4.78, 5) is 19.7. The van der Waals surface area contributed by atoms with Crippen molar-refractivity contribution in [3.8, 4) is 0 Å². The Labute approximate surface area is 138 Å². The molecule has 1 unspecified atom stereocenters. The van der Waals surface area contributed by atoms with Gasteiger partial charge in [-0.15, -0.1) is 0 Å².